The van der Waals surface area contributed by atoms with Crippen molar-refractivity contribution in [3.05, 3.63) is 15.6 Å². The molecule has 3 heteroatoms. The number of hydrogen-bond donors (Lipinski definition) is 1. The third-order valence-corrected chi connectivity index (χ3v) is 2.93. The maximum atomic E-state index is 5.82. The second-order valence-corrected chi connectivity index (χ2v) is 4.32. The summed E-state index contributed by atoms with van der Waals surface area (Å²) in [6, 6.07) is 0.205. The minimum Gasteiger partial charge on any atom is -0.327 e. The highest BCUT2D eigenvalue weighted by Crippen LogP contribution is 2.17. The number of nitrogens with two attached hydrogens (primary N) is 1. The Hall–Kier alpha value is -0.850. The van der Waals surface area contributed by atoms with Gasteiger partial charge < -0.3 is 5.73 Å². The van der Waals surface area contributed by atoms with Gasteiger partial charge in [-0.3, -0.25) is 0 Å². The summed E-state index contributed by atoms with van der Waals surface area (Å²) >= 11 is 1.65. The van der Waals surface area contributed by atoms with E-state index in [2.05, 4.69) is 17.8 Å². The maximum absolute atomic E-state index is 5.82. The van der Waals surface area contributed by atoms with Gasteiger partial charge in [-0.25, -0.2) is 4.98 Å². The van der Waals surface area contributed by atoms with Crippen molar-refractivity contribution < 1.29 is 0 Å². The van der Waals surface area contributed by atoms with E-state index in [1.54, 1.807) is 11.3 Å². The van der Waals surface area contributed by atoms with Gasteiger partial charge in [0.2, 0.25) is 0 Å². The number of terminal acetylenes is 1. The normalized spacial score (nSPS) is 12.5. The average molecular weight is 194 g/mol. The smallest absolute Gasteiger partial charge is 0.127 e. The Morgan fingerprint density at radius 3 is 2.85 bits per heavy atom. The summed E-state index contributed by atoms with van der Waals surface area (Å²) in [6.45, 7) is 4.07. The highest BCUT2D eigenvalue weighted by Gasteiger charge is 2.08. The summed E-state index contributed by atoms with van der Waals surface area (Å²) < 4.78 is 0. The average Bonchev–Trinajstić information content (AvgIpc) is 2.46. The molecule has 0 radical (unpaired) electrons. The number of aryl methyl sites for hydroxylation is 1. The quantitative estimate of drug-likeness (QED) is 0.744. The van der Waals surface area contributed by atoms with Gasteiger partial charge in [0, 0.05) is 17.3 Å². The van der Waals surface area contributed by atoms with E-state index in [1.165, 1.54) is 0 Å². The van der Waals surface area contributed by atoms with Crippen LogP contribution in [0.15, 0.2) is 0 Å². The van der Waals surface area contributed by atoms with Crippen LogP contribution in [0.3, 0.4) is 0 Å². The highest BCUT2D eigenvalue weighted by atomic mass is 32.1. The SMILES string of the molecule is C#Cc1nc(CC(N)CC)sc1C. The topological polar surface area (TPSA) is 38.9 Å². The van der Waals surface area contributed by atoms with E-state index in [4.69, 9.17) is 12.2 Å². The van der Waals surface area contributed by atoms with Gasteiger partial charge in [-0.2, -0.15) is 0 Å². The standard InChI is InChI=1S/C10H14N2S/c1-4-8(11)6-10-12-9(5-2)7(3)13-10/h2,8H,4,6,11H2,1,3H3. The van der Waals surface area contributed by atoms with Gasteiger partial charge in [0.25, 0.3) is 0 Å². The second kappa shape index (κ2) is 4.40. The first kappa shape index (κ1) is 10.2. The molecule has 0 amide bonds. The van der Waals surface area contributed by atoms with Gasteiger partial charge in [-0.05, 0) is 19.3 Å². The van der Waals surface area contributed by atoms with Crippen LogP contribution in [-0.2, 0) is 6.42 Å². The largest absolute Gasteiger partial charge is 0.327 e. The lowest BCUT2D eigenvalue weighted by Gasteiger charge is -2.03. The summed E-state index contributed by atoms with van der Waals surface area (Å²) in [5.41, 5.74) is 6.59. The van der Waals surface area contributed by atoms with E-state index >= 15 is 0 Å². The molecule has 1 rings (SSSR count). The van der Waals surface area contributed by atoms with Crippen LogP contribution in [0.4, 0.5) is 0 Å². The Labute approximate surface area is 83.2 Å². The lowest BCUT2D eigenvalue weighted by Crippen LogP contribution is -2.21. The van der Waals surface area contributed by atoms with E-state index in [1.807, 2.05) is 6.92 Å². The van der Waals surface area contributed by atoms with Crippen LogP contribution in [0.1, 0.15) is 28.9 Å². The van der Waals surface area contributed by atoms with Crippen molar-refractivity contribution >= 4 is 11.3 Å². The zero-order valence-electron chi connectivity index (χ0n) is 8.00. The molecule has 1 unspecified atom stereocenters. The maximum Gasteiger partial charge on any atom is 0.127 e. The Kier molecular flexibility index (Phi) is 3.47. The lowest BCUT2D eigenvalue weighted by atomic mass is 10.2. The monoisotopic (exact) mass is 194 g/mol. The summed E-state index contributed by atoms with van der Waals surface area (Å²) in [5, 5.41) is 1.06. The predicted molar refractivity (Wildman–Crippen MR) is 56.8 cm³/mol. The second-order valence-electron chi connectivity index (χ2n) is 3.03. The highest BCUT2D eigenvalue weighted by molar-refractivity contribution is 7.11. The van der Waals surface area contributed by atoms with Crippen molar-refractivity contribution in [3.63, 3.8) is 0 Å². The van der Waals surface area contributed by atoms with Crippen LogP contribution >= 0.6 is 11.3 Å². The third-order valence-electron chi connectivity index (χ3n) is 1.94. The van der Waals surface area contributed by atoms with Crippen LogP contribution in [0, 0.1) is 19.3 Å². The molecule has 0 saturated heterocycles. The van der Waals surface area contributed by atoms with Crippen molar-refractivity contribution in [2.75, 3.05) is 0 Å². The van der Waals surface area contributed by atoms with Gasteiger partial charge >= 0.3 is 0 Å². The van der Waals surface area contributed by atoms with Crippen molar-refractivity contribution in [1.82, 2.24) is 4.98 Å². The summed E-state index contributed by atoms with van der Waals surface area (Å²) in [7, 11) is 0. The Balaban J connectivity index is 2.75. The van der Waals surface area contributed by atoms with Gasteiger partial charge in [0.05, 0.1) is 5.01 Å². The Morgan fingerprint density at radius 2 is 2.38 bits per heavy atom. The van der Waals surface area contributed by atoms with Crippen molar-refractivity contribution in [3.8, 4) is 12.3 Å². The molecule has 13 heavy (non-hydrogen) atoms. The molecule has 0 aliphatic heterocycles. The summed E-state index contributed by atoms with van der Waals surface area (Å²) in [6.07, 6.45) is 7.10. The molecule has 0 fully saturated rings. The molecule has 1 heterocycles. The molecular formula is C10H14N2S. The molecule has 1 aromatic rings. The van der Waals surface area contributed by atoms with Crippen LogP contribution in [0.2, 0.25) is 0 Å². The van der Waals surface area contributed by atoms with Crippen molar-refractivity contribution in [2.45, 2.75) is 32.7 Å². The molecule has 0 bridgehead atoms. The van der Waals surface area contributed by atoms with E-state index in [-0.39, 0.29) is 6.04 Å². The fourth-order valence-electron chi connectivity index (χ4n) is 1.04. The number of rotatable bonds is 3. The van der Waals surface area contributed by atoms with Gasteiger partial charge in [0.1, 0.15) is 5.69 Å². The molecule has 0 saturated carbocycles. The predicted octanol–water partition coefficient (Wildman–Crippen LogP) is 1.71. The Bertz CT molecular complexity index is 322. The first-order chi connectivity index (χ1) is 6.17. The fourth-order valence-corrected chi connectivity index (χ4v) is 2.03. The van der Waals surface area contributed by atoms with Crippen LogP contribution in [-0.4, -0.2) is 11.0 Å². The molecule has 0 aliphatic carbocycles. The zero-order chi connectivity index (χ0) is 9.84. The molecule has 0 aromatic carbocycles. The van der Waals surface area contributed by atoms with Gasteiger partial charge in [-0.1, -0.05) is 6.92 Å². The molecule has 1 aromatic heterocycles. The van der Waals surface area contributed by atoms with Crippen LogP contribution in [0.5, 0.6) is 0 Å². The Morgan fingerprint density at radius 1 is 1.69 bits per heavy atom. The number of hydrogen-bond acceptors (Lipinski definition) is 3. The summed E-state index contributed by atoms with van der Waals surface area (Å²) in [4.78, 5) is 5.43. The third kappa shape index (κ3) is 2.55. The first-order valence-electron chi connectivity index (χ1n) is 4.35. The molecule has 70 valence electrons. The van der Waals surface area contributed by atoms with Crippen molar-refractivity contribution in [1.29, 1.82) is 0 Å². The lowest BCUT2D eigenvalue weighted by molar-refractivity contribution is 0.644. The zero-order valence-corrected chi connectivity index (χ0v) is 8.82. The van der Waals surface area contributed by atoms with Gasteiger partial charge in [0.15, 0.2) is 0 Å². The summed E-state index contributed by atoms with van der Waals surface area (Å²) in [5.74, 6) is 2.57. The molecule has 0 spiro atoms. The number of nitrogens with zero attached hydrogens (tertiary/aromatic N) is 1. The fraction of sp³-hybridized carbons (Fsp3) is 0.500. The molecule has 2 N–H and O–H groups in total. The molecule has 1 atom stereocenters. The first-order valence-corrected chi connectivity index (χ1v) is 5.17. The van der Waals surface area contributed by atoms with E-state index in [9.17, 15) is 0 Å². The molecule has 2 nitrogen and oxygen atoms in total. The number of aromatic nitrogens is 1. The molecule has 0 aliphatic rings. The minimum absolute atomic E-state index is 0.205. The van der Waals surface area contributed by atoms with Crippen molar-refractivity contribution in [2.24, 2.45) is 5.73 Å². The van der Waals surface area contributed by atoms with Gasteiger partial charge in [-0.15, -0.1) is 17.8 Å². The van der Waals surface area contributed by atoms with Crippen LogP contribution in [0.25, 0.3) is 0 Å². The van der Waals surface area contributed by atoms with E-state index < -0.39 is 0 Å². The van der Waals surface area contributed by atoms with E-state index in [0.717, 1.165) is 28.4 Å². The minimum atomic E-state index is 0.205. The van der Waals surface area contributed by atoms with Crippen LogP contribution < -0.4 is 5.73 Å². The van der Waals surface area contributed by atoms with E-state index in [0.29, 0.717) is 0 Å². The number of thiazole rings is 1. The molecular weight excluding hydrogens is 180 g/mol.